The van der Waals surface area contributed by atoms with Gasteiger partial charge in [-0.3, -0.25) is 0 Å². The van der Waals surface area contributed by atoms with Crippen LogP contribution in [-0.4, -0.2) is 41.4 Å². The molecule has 1 N–H and O–H groups in total. The maximum absolute atomic E-state index is 11.2. The summed E-state index contributed by atoms with van der Waals surface area (Å²) in [4.78, 5) is 19.3. The van der Waals surface area contributed by atoms with Crippen molar-refractivity contribution in [1.29, 1.82) is 0 Å². The van der Waals surface area contributed by atoms with Gasteiger partial charge in [0.2, 0.25) is 5.88 Å². The van der Waals surface area contributed by atoms with Crippen LogP contribution in [0.2, 0.25) is 0 Å². The Kier molecular flexibility index (Phi) is 4.62. The second-order valence-electron chi connectivity index (χ2n) is 3.92. The quantitative estimate of drug-likeness (QED) is 0.810. The molecule has 0 spiro atoms. The molecule has 0 aliphatic carbocycles. The van der Waals surface area contributed by atoms with Crippen LogP contribution in [0.1, 0.15) is 10.5 Å². The number of hydrogen-bond donors (Lipinski definition) is 1. The second kappa shape index (κ2) is 6.63. The first-order valence-electron chi connectivity index (χ1n) is 6.00. The predicted octanol–water partition coefficient (Wildman–Crippen LogP) is 1.87. The molecule has 0 amide bonds. The lowest BCUT2D eigenvalue weighted by Gasteiger charge is -2.08. The van der Waals surface area contributed by atoms with Crippen molar-refractivity contribution in [2.24, 2.45) is 0 Å². The van der Waals surface area contributed by atoms with Gasteiger partial charge < -0.3 is 14.6 Å². The molecule has 0 aliphatic heterocycles. The standard InChI is InChI=1S/C14H14N2O4/c1-19-7-8-20-11-9-15-13(14(17)18)12(16-11)10-5-3-2-4-6-10/h2-6,9H,7-8H2,1H3,(H,17,18). The lowest BCUT2D eigenvalue weighted by atomic mass is 10.1. The SMILES string of the molecule is COCCOc1cnc(C(=O)O)c(-c2ccccc2)n1. The molecule has 0 saturated heterocycles. The van der Waals surface area contributed by atoms with E-state index in [1.165, 1.54) is 6.20 Å². The Balaban J connectivity index is 2.35. The fourth-order valence-electron chi connectivity index (χ4n) is 1.63. The molecule has 104 valence electrons. The largest absolute Gasteiger partial charge is 0.476 e. The zero-order valence-electron chi connectivity index (χ0n) is 10.9. The summed E-state index contributed by atoms with van der Waals surface area (Å²) in [6.07, 6.45) is 1.30. The minimum atomic E-state index is -1.13. The van der Waals surface area contributed by atoms with Crippen molar-refractivity contribution >= 4 is 5.97 Å². The van der Waals surface area contributed by atoms with Crippen molar-refractivity contribution in [3.8, 4) is 17.1 Å². The minimum Gasteiger partial charge on any atom is -0.476 e. The van der Waals surface area contributed by atoms with Crippen LogP contribution in [0.3, 0.4) is 0 Å². The van der Waals surface area contributed by atoms with E-state index in [1.807, 2.05) is 6.07 Å². The van der Waals surface area contributed by atoms with Crippen molar-refractivity contribution < 1.29 is 19.4 Å². The predicted molar refractivity (Wildman–Crippen MR) is 71.8 cm³/mol. The number of methoxy groups -OCH3 is 1. The molecule has 20 heavy (non-hydrogen) atoms. The van der Waals surface area contributed by atoms with Crippen LogP contribution in [0.4, 0.5) is 0 Å². The molecule has 0 aliphatic rings. The van der Waals surface area contributed by atoms with Gasteiger partial charge in [0.1, 0.15) is 12.3 Å². The summed E-state index contributed by atoms with van der Waals surface area (Å²) >= 11 is 0. The van der Waals surface area contributed by atoms with Crippen molar-refractivity contribution in [3.63, 3.8) is 0 Å². The van der Waals surface area contributed by atoms with Crippen molar-refractivity contribution in [2.75, 3.05) is 20.3 Å². The molecule has 0 radical (unpaired) electrons. The highest BCUT2D eigenvalue weighted by Crippen LogP contribution is 2.22. The lowest BCUT2D eigenvalue weighted by Crippen LogP contribution is -2.09. The molecule has 1 aromatic heterocycles. The molecular weight excluding hydrogens is 260 g/mol. The zero-order chi connectivity index (χ0) is 14.4. The zero-order valence-corrected chi connectivity index (χ0v) is 10.9. The van der Waals surface area contributed by atoms with Gasteiger partial charge in [0, 0.05) is 12.7 Å². The molecule has 0 unspecified atom stereocenters. The summed E-state index contributed by atoms with van der Waals surface area (Å²) in [6, 6.07) is 9.00. The monoisotopic (exact) mass is 274 g/mol. The van der Waals surface area contributed by atoms with Gasteiger partial charge in [0.15, 0.2) is 5.69 Å². The number of aromatic nitrogens is 2. The van der Waals surface area contributed by atoms with Gasteiger partial charge in [0.25, 0.3) is 0 Å². The highest BCUT2D eigenvalue weighted by molar-refractivity contribution is 5.92. The molecule has 0 saturated carbocycles. The summed E-state index contributed by atoms with van der Waals surface area (Å²) in [7, 11) is 1.57. The van der Waals surface area contributed by atoms with Gasteiger partial charge in [-0.25, -0.2) is 14.8 Å². The van der Waals surface area contributed by atoms with Crippen LogP contribution in [0, 0.1) is 0 Å². The van der Waals surface area contributed by atoms with E-state index in [-0.39, 0.29) is 17.3 Å². The summed E-state index contributed by atoms with van der Waals surface area (Å²) in [5.41, 5.74) is 0.859. The third-order valence-corrected chi connectivity index (χ3v) is 2.54. The van der Waals surface area contributed by atoms with E-state index in [0.717, 1.165) is 0 Å². The first-order chi connectivity index (χ1) is 9.72. The summed E-state index contributed by atoms with van der Waals surface area (Å²) in [5, 5.41) is 9.17. The number of nitrogens with zero attached hydrogens (tertiary/aromatic N) is 2. The highest BCUT2D eigenvalue weighted by Gasteiger charge is 2.16. The Morgan fingerprint density at radius 3 is 2.65 bits per heavy atom. The maximum Gasteiger partial charge on any atom is 0.356 e. The van der Waals surface area contributed by atoms with Crippen LogP contribution in [0.25, 0.3) is 11.3 Å². The number of carbonyl (C=O) groups is 1. The van der Waals surface area contributed by atoms with Crippen LogP contribution in [-0.2, 0) is 4.74 Å². The number of aromatic carboxylic acids is 1. The molecule has 1 aromatic carbocycles. The molecule has 0 bridgehead atoms. The Morgan fingerprint density at radius 1 is 1.25 bits per heavy atom. The number of ether oxygens (including phenoxy) is 2. The molecule has 2 rings (SSSR count). The van der Waals surface area contributed by atoms with E-state index >= 15 is 0 Å². The van der Waals surface area contributed by atoms with Gasteiger partial charge in [-0.2, -0.15) is 0 Å². The fraction of sp³-hybridized carbons (Fsp3) is 0.214. The Labute approximate surface area is 116 Å². The van der Waals surface area contributed by atoms with Crippen molar-refractivity contribution in [2.45, 2.75) is 0 Å². The Bertz CT molecular complexity index is 587. The Morgan fingerprint density at radius 2 is 2.00 bits per heavy atom. The van der Waals surface area contributed by atoms with Crippen molar-refractivity contribution in [3.05, 3.63) is 42.2 Å². The van der Waals surface area contributed by atoms with E-state index in [0.29, 0.717) is 18.8 Å². The molecule has 2 aromatic rings. The molecular formula is C14H14N2O4. The van der Waals surface area contributed by atoms with E-state index in [1.54, 1.807) is 31.4 Å². The minimum absolute atomic E-state index is 0.102. The fourth-order valence-corrected chi connectivity index (χ4v) is 1.63. The van der Waals surface area contributed by atoms with Gasteiger partial charge in [0.05, 0.1) is 12.8 Å². The maximum atomic E-state index is 11.2. The first kappa shape index (κ1) is 14.0. The second-order valence-corrected chi connectivity index (χ2v) is 3.92. The number of benzene rings is 1. The average Bonchev–Trinajstić information content (AvgIpc) is 2.48. The van der Waals surface area contributed by atoms with Gasteiger partial charge in [-0.15, -0.1) is 0 Å². The number of hydrogen-bond acceptors (Lipinski definition) is 5. The first-order valence-corrected chi connectivity index (χ1v) is 6.00. The van der Waals surface area contributed by atoms with Crippen LogP contribution < -0.4 is 4.74 Å². The smallest absolute Gasteiger partial charge is 0.356 e. The molecule has 6 heteroatoms. The normalized spacial score (nSPS) is 10.2. The molecule has 6 nitrogen and oxygen atoms in total. The molecule has 0 fully saturated rings. The number of carboxylic acid groups (broad SMARTS) is 1. The van der Waals surface area contributed by atoms with E-state index in [4.69, 9.17) is 14.6 Å². The van der Waals surface area contributed by atoms with Crippen LogP contribution in [0.15, 0.2) is 36.5 Å². The number of carboxylic acids is 1. The lowest BCUT2D eigenvalue weighted by molar-refractivity contribution is 0.0690. The Hall–Kier alpha value is -2.47. The van der Waals surface area contributed by atoms with Gasteiger partial charge in [-0.1, -0.05) is 30.3 Å². The van der Waals surface area contributed by atoms with Crippen LogP contribution in [0.5, 0.6) is 5.88 Å². The summed E-state index contributed by atoms with van der Waals surface area (Å²) in [6.45, 7) is 0.745. The molecule has 1 heterocycles. The van der Waals surface area contributed by atoms with Crippen molar-refractivity contribution in [1.82, 2.24) is 9.97 Å². The van der Waals surface area contributed by atoms with E-state index in [2.05, 4.69) is 9.97 Å². The molecule has 0 atom stereocenters. The highest BCUT2D eigenvalue weighted by atomic mass is 16.5. The van der Waals surface area contributed by atoms with Gasteiger partial charge in [-0.05, 0) is 0 Å². The van der Waals surface area contributed by atoms with Crippen LogP contribution >= 0.6 is 0 Å². The average molecular weight is 274 g/mol. The third-order valence-electron chi connectivity index (χ3n) is 2.54. The van der Waals surface area contributed by atoms with Gasteiger partial charge >= 0.3 is 5.97 Å². The van der Waals surface area contributed by atoms with E-state index < -0.39 is 5.97 Å². The summed E-state index contributed by atoms with van der Waals surface area (Å²) in [5.74, 6) is -0.856. The number of rotatable bonds is 6. The third kappa shape index (κ3) is 3.30. The summed E-state index contributed by atoms with van der Waals surface area (Å²) < 4.78 is 10.2. The topological polar surface area (TPSA) is 81.5 Å². The van der Waals surface area contributed by atoms with E-state index in [9.17, 15) is 4.79 Å².